The number of hydrogen-bond donors (Lipinski definition) is 1. The first-order valence-electron chi connectivity index (χ1n) is 4.61. The summed E-state index contributed by atoms with van der Waals surface area (Å²) >= 11 is 3.28. The van der Waals surface area contributed by atoms with Crippen LogP contribution < -0.4 is 0 Å². The number of halogens is 1. The molecule has 0 radical (unpaired) electrons. The highest BCUT2D eigenvalue weighted by atomic mass is 79.9. The molecule has 0 fully saturated rings. The van der Waals surface area contributed by atoms with Gasteiger partial charge in [0.1, 0.15) is 0 Å². The third-order valence-corrected chi connectivity index (χ3v) is 2.82. The number of aliphatic hydroxyl groups is 1. The number of benzene rings is 1. The van der Waals surface area contributed by atoms with Gasteiger partial charge in [-0.05, 0) is 25.3 Å². The molecule has 4 nitrogen and oxygen atoms in total. The van der Waals surface area contributed by atoms with E-state index < -0.39 is 4.92 Å². The number of rotatable bonds is 4. The van der Waals surface area contributed by atoms with Gasteiger partial charge in [0.2, 0.25) is 0 Å². The molecule has 0 aromatic heterocycles. The van der Waals surface area contributed by atoms with E-state index in [2.05, 4.69) is 15.9 Å². The van der Waals surface area contributed by atoms with Crippen LogP contribution in [0, 0.1) is 10.1 Å². The van der Waals surface area contributed by atoms with Crippen molar-refractivity contribution in [2.45, 2.75) is 25.9 Å². The Kier molecular flexibility index (Phi) is 4.23. The van der Waals surface area contributed by atoms with E-state index in [1.165, 1.54) is 12.1 Å². The molecule has 0 unspecified atom stereocenters. The number of aryl methyl sites for hydroxylation is 1. The average molecular weight is 274 g/mol. The van der Waals surface area contributed by atoms with Crippen molar-refractivity contribution >= 4 is 21.6 Å². The van der Waals surface area contributed by atoms with Crippen molar-refractivity contribution in [3.63, 3.8) is 0 Å². The monoisotopic (exact) mass is 273 g/mol. The molecule has 1 atom stereocenters. The second kappa shape index (κ2) is 5.23. The Morgan fingerprint density at radius 2 is 2.27 bits per heavy atom. The van der Waals surface area contributed by atoms with Gasteiger partial charge in [-0.3, -0.25) is 10.1 Å². The topological polar surface area (TPSA) is 63.4 Å². The number of nitrogens with zero attached hydrogens (tertiary/aromatic N) is 1. The summed E-state index contributed by atoms with van der Waals surface area (Å²) in [5.41, 5.74) is 1.05. The number of aliphatic hydroxyl groups excluding tert-OH is 1. The molecule has 0 saturated carbocycles. The Morgan fingerprint density at radius 1 is 1.60 bits per heavy atom. The van der Waals surface area contributed by atoms with Gasteiger partial charge in [0.25, 0.3) is 5.69 Å². The molecule has 1 aromatic rings. The lowest BCUT2D eigenvalue weighted by atomic mass is 10.1. The molecule has 0 saturated heterocycles. The summed E-state index contributed by atoms with van der Waals surface area (Å²) in [7, 11) is 0. The zero-order chi connectivity index (χ0) is 11.4. The van der Waals surface area contributed by atoms with Gasteiger partial charge in [-0.1, -0.05) is 22.0 Å². The van der Waals surface area contributed by atoms with Gasteiger partial charge in [-0.25, -0.2) is 0 Å². The van der Waals surface area contributed by atoms with Crippen molar-refractivity contribution in [3.8, 4) is 0 Å². The largest absolute Gasteiger partial charge is 0.393 e. The Labute approximate surface area is 96.2 Å². The van der Waals surface area contributed by atoms with Gasteiger partial charge >= 0.3 is 0 Å². The zero-order valence-electron chi connectivity index (χ0n) is 8.31. The number of nitro groups is 1. The first-order chi connectivity index (χ1) is 7.00. The van der Waals surface area contributed by atoms with Crippen LogP contribution in [0.2, 0.25) is 0 Å². The molecule has 0 bridgehead atoms. The smallest absolute Gasteiger partial charge is 0.270 e. The summed E-state index contributed by atoms with van der Waals surface area (Å²) in [6, 6.07) is 4.67. The molecule has 5 heteroatoms. The summed E-state index contributed by atoms with van der Waals surface area (Å²) in [5.74, 6) is 0. The van der Waals surface area contributed by atoms with E-state index in [-0.39, 0.29) is 11.8 Å². The maximum Gasteiger partial charge on any atom is 0.270 e. The fourth-order valence-electron chi connectivity index (χ4n) is 1.22. The van der Waals surface area contributed by atoms with Gasteiger partial charge in [0, 0.05) is 16.6 Å². The molecule has 0 aliphatic carbocycles. The maximum absolute atomic E-state index is 10.5. The maximum atomic E-state index is 10.5. The molecule has 0 aliphatic rings. The molecule has 0 spiro atoms. The van der Waals surface area contributed by atoms with Gasteiger partial charge in [-0.15, -0.1) is 0 Å². The fourth-order valence-corrected chi connectivity index (χ4v) is 1.78. The lowest BCUT2D eigenvalue weighted by molar-refractivity contribution is -0.384. The predicted molar refractivity (Wildman–Crippen MR) is 60.8 cm³/mol. The number of hydrogen-bond acceptors (Lipinski definition) is 3. The van der Waals surface area contributed by atoms with Gasteiger partial charge < -0.3 is 5.11 Å². The lowest BCUT2D eigenvalue weighted by Crippen LogP contribution is -2.02. The highest BCUT2D eigenvalue weighted by Gasteiger charge is 2.09. The minimum absolute atomic E-state index is 0.0719. The van der Waals surface area contributed by atoms with Crippen molar-refractivity contribution in [2.75, 3.05) is 0 Å². The summed E-state index contributed by atoms with van der Waals surface area (Å²) < 4.78 is 0.720. The molecule has 1 aromatic carbocycles. The molecule has 0 heterocycles. The van der Waals surface area contributed by atoms with Crippen molar-refractivity contribution in [1.29, 1.82) is 0 Å². The van der Waals surface area contributed by atoms with Crippen LogP contribution in [0.4, 0.5) is 5.69 Å². The summed E-state index contributed by atoms with van der Waals surface area (Å²) in [5, 5.41) is 19.6. The fraction of sp³-hybridized carbons (Fsp3) is 0.400. The van der Waals surface area contributed by atoms with Gasteiger partial charge in [0.05, 0.1) is 11.0 Å². The molecule has 82 valence electrons. The van der Waals surface area contributed by atoms with E-state index in [4.69, 9.17) is 5.11 Å². The van der Waals surface area contributed by atoms with Crippen molar-refractivity contribution in [1.82, 2.24) is 0 Å². The first-order valence-corrected chi connectivity index (χ1v) is 5.41. The Balaban J connectivity index is 2.79. The van der Waals surface area contributed by atoms with E-state index in [9.17, 15) is 10.1 Å². The van der Waals surface area contributed by atoms with Crippen LogP contribution in [0.3, 0.4) is 0 Å². The number of nitro benzene ring substituents is 1. The van der Waals surface area contributed by atoms with Crippen molar-refractivity contribution in [2.24, 2.45) is 0 Å². The Morgan fingerprint density at radius 3 is 2.73 bits per heavy atom. The predicted octanol–water partition coefficient (Wildman–Crippen LogP) is 2.67. The van der Waals surface area contributed by atoms with Gasteiger partial charge in [0.15, 0.2) is 0 Å². The summed E-state index contributed by atoms with van der Waals surface area (Å²) in [6.07, 6.45) is 0.999. The second-order valence-electron chi connectivity index (χ2n) is 3.42. The molecule has 1 N–H and O–H groups in total. The summed E-state index contributed by atoms with van der Waals surface area (Å²) in [4.78, 5) is 10.0. The van der Waals surface area contributed by atoms with Crippen LogP contribution in [0.1, 0.15) is 18.9 Å². The van der Waals surface area contributed by atoms with E-state index >= 15 is 0 Å². The van der Waals surface area contributed by atoms with E-state index in [1.54, 1.807) is 13.0 Å². The molecular formula is C10H12BrNO3. The molecular weight excluding hydrogens is 262 g/mol. The second-order valence-corrected chi connectivity index (χ2v) is 4.27. The van der Waals surface area contributed by atoms with Crippen LogP contribution in [0.15, 0.2) is 22.7 Å². The lowest BCUT2D eigenvalue weighted by Gasteiger charge is -2.06. The third-order valence-electron chi connectivity index (χ3n) is 2.08. The Bertz CT molecular complexity index is 366. The summed E-state index contributed by atoms with van der Waals surface area (Å²) in [6.45, 7) is 1.72. The highest BCUT2D eigenvalue weighted by molar-refractivity contribution is 9.10. The standard InChI is InChI=1S/C10H12BrNO3/c1-7(13)2-3-8-4-5-9(12(14)15)6-10(8)11/h4-7,13H,2-3H2,1H3/t7-/m0/s1. The quantitative estimate of drug-likeness (QED) is 0.678. The van der Waals surface area contributed by atoms with E-state index in [0.29, 0.717) is 12.8 Å². The van der Waals surface area contributed by atoms with E-state index in [0.717, 1.165) is 10.0 Å². The molecule has 15 heavy (non-hydrogen) atoms. The normalized spacial score (nSPS) is 12.5. The first kappa shape index (κ1) is 12.1. The molecule has 0 amide bonds. The molecule has 1 rings (SSSR count). The molecule has 0 aliphatic heterocycles. The highest BCUT2D eigenvalue weighted by Crippen LogP contribution is 2.24. The van der Waals surface area contributed by atoms with Crippen molar-refractivity contribution in [3.05, 3.63) is 38.3 Å². The van der Waals surface area contributed by atoms with Crippen LogP contribution in [0.5, 0.6) is 0 Å². The zero-order valence-corrected chi connectivity index (χ0v) is 9.90. The van der Waals surface area contributed by atoms with Crippen LogP contribution in [-0.2, 0) is 6.42 Å². The van der Waals surface area contributed by atoms with Crippen molar-refractivity contribution < 1.29 is 10.0 Å². The minimum atomic E-state index is -0.427. The third kappa shape index (κ3) is 3.60. The average Bonchev–Trinajstić information content (AvgIpc) is 2.15. The van der Waals surface area contributed by atoms with E-state index in [1.807, 2.05) is 0 Å². The van der Waals surface area contributed by atoms with Gasteiger partial charge in [-0.2, -0.15) is 0 Å². The number of non-ortho nitro benzene ring substituents is 1. The van der Waals surface area contributed by atoms with Crippen LogP contribution >= 0.6 is 15.9 Å². The minimum Gasteiger partial charge on any atom is -0.393 e. The Hall–Kier alpha value is -0.940. The SMILES string of the molecule is C[C@H](O)CCc1ccc([N+](=O)[O-])cc1Br. The van der Waals surface area contributed by atoms with Crippen LogP contribution in [-0.4, -0.2) is 16.1 Å². The van der Waals surface area contributed by atoms with Crippen LogP contribution in [0.25, 0.3) is 0 Å².